The summed E-state index contributed by atoms with van der Waals surface area (Å²) in [6.45, 7) is 2.20. The fourth-order valence-corrected chi connectivity index (χ4v) is 5.14. The van der Waals surface area contributed by atoms with E-state index >= 15 is 0 Å². The van der Waals surface area contributed by atoms with Gasteiger partial charge in [0.25, 0.3) is 5.91 Å². The summed E-state index contributed by atoms with van der Waals surface area (Å²) >= 11 is -0.228. The van der Waals surface area contributed by atoms with Gasteiger partial charge in [0.15, 0.2) is 0 Å². The van der Waals surface area contributed by atoms with Crippen LogP contribution in [0.2, 0.25) is 0 Å². The molecule has 0 radical (unpaired) electrons. The van der Waals surface area contributed by atoms with Crippen LogP contribution in [0.1, 0.15) is 37.7 Å². The van der Waals surface area contributed by atoms with Gasteiger partial charge in [-0.05, 0) is 85.8 Å². The minimum atomic E-state index is -4.40. The van der Waals surface area contributed by atoms with Crippen LogP contribution in [0.15, 0.2) is 47.5 Å². The number of alkyl halides is 3. The number of benzene rings is 1. The number of carbonyl (C=O) groups excluding carboxylic acids is 2. The number of carbonyl (C=O) groups is 2. The number of urea groups is 1. The molecule has 33 heavy (non-hydrogen) atoms. The quantitative estimate of drug-likeness (QED) is 0.439. The summed E-state index contributed by atoms with van der Waals surface area (Å²) in [6, 6.07) is 8.74. The topological polar surface area (TPSA) is 56.8 Å². The fourth-order valence-electron chi connectivity index (χ4n) is 4.60. The van der Waals surface area contributed by atoms with Gasteiger partial charge in [-0.1, -0.05) is 0 Å². The Hall–Kier alpha value is -2.75. The number of anilines is 2. The Morgan fingerprint density at radius 1 is 1.00 bits per heavy atom. The molecule has 6 nitrogen and oxygen atoms in total. The molecule has 3 aliphatic rings. The summed E-state index contributed by atoms with van der Waals surface area (Å²) in [5.41, 5.74) is -4.07. The summed E-state index contributed by atoms with van der Waals surface area (Å²) in [7, 11) is 0. The van der Waals surface area contributed by atoms with Crippen LogP contribution in [0.3, 0.4) is 0 Å². The molecule has 0 unspecified atom stereocenters. The van der Waals surface area contributed by atoms with Crippen LogP contribution in [0, 0.1) is 0 Å². The van der Waals surface area contributed by atoms with Crippen molar-refractivity contribution in [2.45, 2.75) is 54.6 Å². The second-order valence-electron chi connectivity index (χ2n) is 8.65. The van der Waals surface area contributed by atoms with E-state index < -0.39 is 17.1 Å². The molecule has 1 saturated carbocycles. The first kappa shape index (κ1) is 22.1. The Labute approximate surface area is 193 Å². The van der Waals surface area contributed by atoms with Crippen LogP contribution >= 0.6 is 11.8 Å². The maximum atomic E-state index is 13.3. The zero-order valence-electron chi connectivity index (χ0n) is 17.8. The molecule has 0 bridgehead atoms. The van der Waals surface area contributed by atoms with E-state index in [0.29, 0.717) is 12.8 Å². The van der Waals surface area contributed by atoms with Crippen LogP contribution in [0.4, 0.5) is 29.5 Å². The number of piperidine rings is 1. The first-order chi connectivity index (χ1) is 15.8. The van der Waals surface area contributed by atoms with Crippen molar-refractivity contribution >= 4 is 35.2 Å². The number of hydrogen-bond donors (Lipinski definition) is 0. The zero-order valence-corrected chi connectivity index (χ0v) is 18.7. The Morgan fingerprint density at radius 2 is 1.70 bits per heavy atom. The number of aromatic nitrogens is 1. The van der Waals surface area contributed by atoms with Crippen LogP contribution < -0.4 is 9.80 Å². The van der Waals surface area contributed by atoms with Gasteiger partial charge in [-0.2, -0.15) is 13.2 Å². The molecule has 3 fully saturated rings. The molecule has 0 atom stereocenters. The lowest BCUT2D eigenvalue weighted by molar-refractivity contribution is -0.120. The van der Waals surface area contributed by atoms with Gasteiger partial charge in [0.05, 0.1) is 5.69 Å². The fraction of sp³-hybridized carbons (Fsp3) is 0.435. The molecule has 1 aliphatic carbocycles. The minimum absolute atomic E-state index is 0.00497. The SMILES string of the molecule is O=C1N(c2ccc(SC(F)(F)F)cc2)C(=O)C2(CC2)N1Cc1ccnc(N2CCCCC2)c1. The van der Waals surface area contributed by atoms with Gasteiger partial charge in [-0.15, -0.1) is 0 Å². The second kappa shape index (κ2) is 8.23. The number of halogens is 3. The molecule has 0 N–H and O–H groups in total. The molecule has 10 heteroatoms. The minimum Gasteiger partial charge on any atom is -0.357 e. The van der Waals surface area contributed by atoms with Crippen molar-refractivity contribution in [1.82, 2.24) is 9.88 Å². The highest BCUT2D eigenvalue weighted by Gasteiger charge is 2.65. The molecule has 2 aromatic rings. The van der Waals surface area contributed by atoms with Crippen molar-refractivity contribution in [2.24, 2.45) is 0 Å². The van der Waals surface area contributed by atoms with Gasteiger partial charge in [0.2, 0.25) is 0 Å². The summed E-state index contributed by atoms with van der Waals surface area (Å²) in [6.07, 6.45) is 6.37. The van der Waals surface area contributed by atoms with E-state index in [1.165, 1.54) is 30.7 Å². The molecule has 3 heterocycles. The molecule has 1 aromatic heterocycles. The number of pyridine rings is 1. The lowest BCUT2D eigenvalue weighted by Gasteiger charge is -2.28. The van der Waals surface area contributed by atoms with E-state index in [0.717, 1.165) is 42.2 Å². The zero-order chi connectivity index (χ0) is 23.2. The smallest absolute Gasteiger partial charge is 0.357 e. The maximum absolute atomic E-state index is 13.3. The van der Waals surface area contributed by atoms with Crippen molar-refractivity contribution < 1.29 is 22.8 Å². The van der Waals surface area contributed by atoms with E-state index in [-0.39, 0.29) is 34.8 Å². The van der Waals surface area contributed by atoms with Gasteiger partial charge in [0.1, 0.15) is 11.4 Å². The standard InChI is InChI=1S/C23H23F3N4O2S/c24-23(25,26)33-18-6-4-17(5-7-18)30-20(31)22(9-10-22)29(21(30)32)15-16-8-11-27-19(14-16)28-12-2-1-3-13-28/h4-8,11,14H,1-3,9-10,12-13,15H2. The van der Waals surface area contributed by atoms with Crippen LogP contribution in [-0.4, -0.2) is 46.0 Å². The van der Waals surface area contributed by atoms with Crippen LogP contribution in [-0.2, 0) is 11.3 Å². The summed E-state index contributed by atoms with van der Waals surface area (Å²) in [5.74, 6) is 0.568. The van der Waals surface area contributed by atoms with E-state index in [2.05, 4.69) is 9.88 Å². The van der Waals surface area contributed by atoms with Gasteiger partial charge in [0, 0.05) is 30.7 Å². The van der Waals surface area contributed by atoms with Crippen LogP contribution in [0.25, 0.3) is 0 Å². The molecule has 2 aliphatic heterocycles. The highest BCUT2D eigenvalue weighted by atomic mass is 32.2. The van der Waals surface area contributed by atoms with Crippen molar-refractivity contribution in [3.63, 3.8) is 0 Å². The van der Waals surface area contributed by atoms with Gasteiger partial charge in [-0.3, -0.25) is 4.79 Å². The monoisotopic (exact) mass is 476 g/mol. The van der Waals surface area contributed by atoms with E-state index in [1.807, 2.05) is 12.1 Å². The van der Waals surface area contributed by atoms with Gasteiger partial charge in [-0.25, -0.2) is 14.7 Å². The molecule has 3 amide bonds. The predicted octanol–water partition coefficient (Wildman–Crippen LogP) is 5.19. The lowest BCUT2D eigenvalue weighted by atomic mass is 10.1. The molecule has 2 saturated heterocycles. The third-order valence-electron chi connectivity index (χ3n) is 6.42. The largest absolute Gasteiger partial charge is 0.446 e. The van der Waals surface area contributed by atoms with Crippen molar-refractivity contribution in [3.8, 4) is 0 Å². The molecule has 5 rings (SSSR count). The second-order valence-corrected chi connectivity index (χ2v) is 9.79. The van der Waals surface area contributed by atoms with Crippen molar-refractivity contribution in [2.75, 3.05) is 22.9 Å². The highest BCUT2D eigenvalue weighted by molar-refractivity contribution is 8.00. The lowest BCUT2D eigenvalue weighted by Crippen LogP contribution is -2.36. The third kappa shape index (κ3) is 4.28. The number of imide groups is 1. The number of nitrogens with zero attached hydrogens (tertiary/aromatic N) is 4. The van der Waals surface area contributed by atoms with E-state index in [9.17, 15) is 22.8 Å². The van der Waals surface area contributed by atoms with Crippen molar-refractivity contribution in [1.29, 1.82) is 0 Å². The summed E-state index contributed by atoms with van der Waals surface area (Å²) < 4.78 is 37.8. The first-order valence-electron chi connectivity index (χ1n) is 11.0. The Morgan fingerprint density at radius 3 is 2.33 bits per heavy atom. The number of rotatable bonds is 5. The van der Waals surface area contributed by atoms with Crippen molar-refractivity contribution in [3.05, 3.63) is 48.2 Å². The molecular weight excluding hydrogens is 453 g/mol. The van der Waals surface area contributed by atoms with Crippen LogP contribution in [0.5, 0.6) is 0 Å². The number of hydrogen-bond acceptors (Lipinski definition) is 5. The molecule has 1 spiro atoms. The molecule has 1 aromatic carbocycles. The number of thioether (sulfide) groups is 1. The third-order valence-corrected chi connectivity index (χ3v) is 7.16. The summed E-state index contributed by atoms with van der Waals surface area (Å²) in [4.78, 5) is 35.9. The Balaban J connectivity index is 1.36. The van der Waals surface area contributed by atoms with E-state index in [1.54, 1.807) is 11.1 Å². The average molecular weight is 477 g/mol. The first-order valence-corrected chi connectivity index (χ1v) is 11.8. The maximum Gasteiger partial charge on any atom is 0.446 e. The van der Waals surface area contributed by atoms with Gasteiger partial charge >= 0.3 is 11.5 Å². The van der Waals surface area contributed by atoms with Gasteiger partial charge < -0.3 is 9.80 Å². The Bertz CT molecular complexity index is 1070. The number of amides is 3. The molecule has 174 valence electrons. The van der Waals surface area contributed by atoms with E-state index in [4.69, 9.17) is 0 Å². The summed E-state index contributed by atoms with van der Waals surface area (Å²) in [5, 5.41) is 0. The Kier molecular flexibility index (Phi) is 5.50. The normalized spacial score (nSPS) is 20.2. The predicted molar refractivity (Wildman–Crippen MR) is 119 cm³/mol. The average Bonchev–Trinajstić information content (AvgIpc) is 3.57. The highest BCUT2D eigenvalue weighted by Crippen LogP contribution is 2.50. The molecular formula is C23H23F3N4O2S.